The van der Waals surface area contributed by atoms with Gasteiger partial charge in [0, 0.05) is 26.6 Å². The predicted molar refractivity (Wildman–Crippen MR) is 81.0 cm³/mol. The molecule has 20 heavy (non-hydrogen) atoms. The minimum atomic E-state index is 0.822. The number of anilines is 1. The van der Waals surface area contributed by atoms with Gasteiger partial charge in [0.15, 0.2) is 5.82 Å². The molecule has 5 heteroatoms. The summed E-state index contributed by atoms with van der Waals surface area (Å²) in [5.74, 6) is 2.81. The third-order valence-corrected chi connectivity index (χ3v) is 4.28. The molecule has 1 aliphatic heterocycles. The first kappa shape index (κ1) is 13.3. The Morgan fingerprint density at radius 2 is 1.90 bits per heavy atom. The number of piperidine rings is 1. The van der Waals surface area contributed by atoms with Gasteiger partial charge in [0.2, 0.25) is 0 Å². The molecule has 1 fully saturated rings. The summed E-state index contributed by atoms with van der Waals surface area (Å²) in [5, 5.41) is 4.52. The van der Waals surface area contributed by atoms with Gasteiger partial charge < -0.3 is 4.90 Å². The van der Waals surface area contributed by atoms with Crippen molar-refractivity contribution in [2.24, 2.45) is 13.0 Å². The third kappa shape index (κ3) is 2.15. The molecule has 0 atom stereocenters. The van der Waals surface area contributed by atoms with Crippen molar-refractivity contribution in [2.75, 3.05) is 18.0 Å². The summed E-state index contributed by atoms with van der Waals surface area (Å²) in [5.41, 5.74) is 3.08. The predicted octanol–water partition coefficient (Wildman–Crippen LogP) is 2.47. The second-order valence-electron chi connectivity index (χ2n) is 5.89. The Balaban J connectivity index is 2.12. The molecule has 0 radical (unpaired) electrons. The summed E-state index contributed by atoms with van der Waals surface area (Å²) >= 11 is 0. The number of hydrogen-bond acceptors (Lipinski definition) is 4. The number of rotatable bonds is 2. The van der Waals surface area contributed by atoms with Crippen LogP contribution in [0.15, 0.2) is 0 Å². The van der Waals surface area contributed by atoms with Gasteiger partial charge in [-0.25, -0.2) is 9.97 Å². The van der Waals surface area contributed by atoms with E-state index < -0.39 is 0 Å². The minimum Gasteiger partial charge on any atom is -0.355 e. The number of nitrogens with zero attached hydrogens (tertiary/aromatic N) is 5. The lowest BCUT2D eigenvalue weighted by Crippen LogP contribution is -2.34. The SMILES string of the molecule is CCc1nc(N2CCC(C)CC2)c2c(n1)c(C)nn2C. The van der Waals surface area contributed by atoms with Crippen molar-refractivity contribution in [1.29, 1.82) is 0 Å². The molecule has 0 amide bonds. The largest absolute Gasteiger partial charge is 0.355 e. The van der Waals surface area contributed by atoms with Crippen molar-refractivity contribution < 1.29 is 0 Å². The normalized spacial score (nSPS) is 17.1. The average Bonchev–Trinajstić information content (AvgIpc) is 2.74. The van der Waals surface area contributed by atoms with Crippen LogP contribution in [0.25, 0.3) is 11.0 Å². The van der Waals surface area contributed by atoms with Crippen LogP contribution in [-0.2, 0) is 13.5 Å². The van der Waals surface area contributed by atoms with E-state index in [9.17, 15) is 0 Å². The number of fused-ring (bicyclic) bond motifs is 1. The summed E-state index contributed by atoms with van der Waals surface area (Å²) in [6.07, 6.45) is 3.34. The van der Waals surface area contributed by atoms with Gasteiger partial charge in [-0.1, -0.05) is 13.8 Å². The molecule has 3 heterocycles. The Kier molecular flexibility index (Phi) is 3.36. The smallest absolute Gasteiger partial charge is 0.158 e. The second kappa shape index (κ2) is 5.04. The zero-order valence-electron chi connectivity index (χ0n) is 12.8. The maximum Gasteiger partial charge on any atom is 0.158 e. The molecule has 3 rings (SSSR count). The maximum atomic E-state index is 4.80. The summed E-state index contributed by atoms with van der Waals surface area (Å²) in [6.45, 7) is 8.63. The van der Waals surface area contributed by atoms with Crippen LogP contribution < -0.4 is 4.90 Å². The molecule has 0 aliphatic carbocycles. The van der Waals surface area contributed by atoms with Gasteiger partial charge in [0.1, 0.15) is 16.9 Å². The van der Waals surface area contributed by atoms with Crippen LogP contribution in [-0.4, -0.2) is 32.8 Å². The second-order valence-corrected chi connectivity index (χ2v) is 5.89. The molecule has 0 spiro atoms. The van der Waals surface area contributed by atoms with Crippen LogP contribution in [0.4, 0.5) is 5.82 Å². The number of aryl methyl sites for hydroxylation is 3. The molecule has 0 saturated carbocycles. The molecule has 0 aromatic carbocycles. The van der Waals surface area contributed by atoms with Gasteiger partial charge in [-0.3, -0.25) is 4.68 Å². The Morgan fingerprint density at radius 1 is 1.20 bits per heavy atom. The first-order valence-corrected chi connectivity index (χ1v) is 7.55. The lowest BCUT2D eigenvalue weighted by molar-refractivity contribution is 0.436. The molecular weight excluding hydrogens is 250 g/mol. The summed E-state index contributed by atoms with van der Waals surface area (Å²) in [6, 6.07) is 0. The van der Waals surface area contributed by atoms with Gasteiger partial charge in [0.25, 0.3) is 0 Å². The summed E-state index contributed by atoms with van der Waals surface area (Å²) < 4.78 is 1.93. The molecule has 2 aromatic rings. The van der Waals surface area contributed by atoms with Gasteiger partial charge >= 0.3 is 0 Å². The Hall–Kier alpha value is -1.65. The fourth-order valence-electron chi connectivity index (χ4n) is 2.96. The highest BCUT2D eigenvalue weighted by atomic mass is 15.3. The molecule has 1 aliphatic rings. The van der Waals surface area contributed by atoms with E-state index in [4.69, 9.17) is 4.98 Å². The lowest BCUT2D eigenvalue weighted by atomic mass is 9.99. The zero-order valence-corrected chi connectivity index (χ0v) is 12.8. The molecule has 5 nitrogen and oxygen atoms in total. The van der Waals surface area contributed by atoms with Crippen LogP contribution in [0.2, 0.25) is 0 Å². The summed E-state index contributed by atoms with van der Waals surface area (Å²) in [7, 11) is 1.99. The molecule has 2 aromatic heterocycles. The molecular formula is C15H23N5. The van der Waals surface area contributed by atoms with Gasteiger partial charge in [0.05, 0.1) is 5.69 Å². The highest BCUT2D eigenvalue weighted by Gasteiger charge is 2.22. The van der Waals surface area contributed by atoms with Gasteiger partial charge in [-0.05, 0) is 25.7 Å². The standard InChI is InChI=1S/C15H23N5/c1-5-12-16-13-11(3)18-19(4)14(13)15(17-12)20-8-6-10(2)7-9-20/h10H,5-9H2,1-4H3. The van der Waals surface area contributed by atoms with E-state index in [1.165, 1.54) is 12.8 Å². The number of aromatic nitrogens is 4. The van der Waals surface area contributed by atoms with E-state index in [-0.39, 0.29) is 0 Å². The van der Waals surface area contributed by atoms with E-state index in [1.807, 2.05) is 18.7 Å². The molecule has 0 bridgehead atoms. The van der Waals surface area contributed by atoms with Crippen molar-refractivity contribution in [2.45, 2.75) is 40.0 Å². The first-order valence-electron chi connectivity index (χ1n) is 7.55. The van der Waals surface area contributed by atoms with Gasteiger partial charge in [-0.2, -0.15) is 5.10 Å². The third-order valence-electron chi connectivity index (χ3n) is 4.28. The minimum absolute atomic E-state index is 0.822. The fourth-order valence-corrected chi connectivity index (χ4v) is 2.96. The van der Waals surface area contributed by atoms with Crippen LogP contribution in [0.3, 0.4) is 0 Å². The van der Waals surface area contributed by atoms with Crippen LogP contribution in [0.1, 0.15) is 38.2 Å². The van der Waals surface area contributed by atoms with Crippen molar-refractivity contribution in [3.8, 4) is 0 Å². The zero-order chi connectivity index (χ0) is 14.3. The fraction of sp³-hybridized carbons (Fsp3) is 0.667. The highest BCUT2D eigenvalue weighted by Crippen LogP contribution is 2.29. The monoisotopic (exact) mass is 273 g/mol. The van der Waals surface area contributed by atoms with E-state index in [0.717, 1.165) is 53.8 Å². The Labute approximate surface area is 120 Å². The first-order chi connectivity index (χ1) is 9.60. The number of hydrogen-bond donors (Lipinski definition) is 0. The van der Waals surface area contributed by atoms with E-state index >= 15 is 0 Å². The van der Waals surface area contributed by atoms with E-state index in [2.05, 4.69) is 28.8 Å². The van der Waals surface area contributed by atoms with Crippen LogP contribution in [0, 0.1) is 12.8 Å². The van der Waals surface area contributed by atoms with Crippen LogP contribution >= 0.6 is 0 Å². The Bertz CT molecular complexity index is 623. The quantitative estimate of drug-likeness (QED) is 0.843. The Morgan fingerprint density at radius 3 is 2.55 bits per heavy atom. The molecule has 108 valence electrons. The highest BCUT2D eigenvalue weighted by molar-refractivity contribution is 5.88. The lowest BCUT2D eigenvalue weighted by Gasteiger charge is -2.31. The van der Waals surface area contributed by atoms with E-state index in [0.29, 0.717) is 0 Å². The van der Waals surface area contributed by atoms with Gasteiger partial charge in [-0.15, -0.1) is 0 Å². The average molecular weight is 273 g/mol. The topological polar surface area (TPSA) is 46.8 Å². The van der Waals surface area contributed by atoms with Crippen molar-refractivity contribution >= 4 is 16.9 Å². The van der Waals surface area contributed by atoms with Crippen molar-refractivity contribution in [3.05, 3.63) is 11.5 Å². The maximum absolute atomic E-state index is 4.80. The molecule has 1 saturated heterocycles. The van der Waals surface area contributed by atoms with E-state index in [1.54, 1.807) is 0 Å². The van der Waals surface area contributed by atoms with Crippen LogP contribution in [0.5, 0.6) is 0 Å². The molecule has 0 unspecified atom stereocenters. The van der Waals surface area contributed by atoms with Crippen molar-refractivity contribution in [1.82, 2.24) is 19.7 Å². The van der Waals surface area contributed by atoms with Crippen molar-refractivity contribution in [3.63, 3.8) is 0 Å². The summed E-state index contributed by atoms with van der Waals surface area (Å²) in [4.78, 5) is 11.9. The molecule has 0 N–H and O–H groups in total.